The Morgan fingerprint density at radius 2 is 2.08 bits per heavy atom. The first-order chi connectivity index (χ1) is 12.0. The van der Waals surface area contributed by atoms with Gasteiger partial charge in [-0.2, -0.15) is 0 Å². The minimum atomic E-state index is -1.02. The van der Waals surface area contributed by atoms with Gasteiger partial charge in [0.2, 0.25) is 5.91 Å². The quantitative estimate of drug-likeness (QED) is 0.519. The van der Waals surface area contributed by atoms with Gasteiger partial charge in [0.25, 0.3) is 5.91 Å². The van der Waals surface area contributed by atoms with Crippen LogP contribution in [0.3, 0.4) is 0 Å². The fourth-order valence-corrected chi connectivity index (χ4v) is 2.78. The van der Waals surface area contributed by atoms with E-state index in [9.17, 15) is 9.59 Å². The molecular weight excluding hydrogens is 338 g/mol. The standard InChI is InChI=1S/C18H17N3O3S/c1-11-5-6-13(8-12(11)2)21-17(23)15(16(22)20-18(21)25)10-19-9-14-4-3-7-24-14/h3-8,10,15H,9H2,1-2H3,(H,20,22,25)/t15-/m1/s1. The maximum Gasteiger partial charge on any atom is 0.251 e. The lowest BCUT2D eigenvalue weighted by molar-refractivity contribution is -0.130. The number of hydrogen-bond donors (Lipinski definition) is 1. The Bertz CT molecular complexity index is 858. The van der Waals surface area contributed by atoms with E-state index in [-0.39, 0.29) is 11.7 Å². The molecule has 0 bridgehead atoms. The van der Waals surface area contributed by atoms with Gasteiger partial charge in [-0.15, -0.1) is 0 Å². The molecule has 2 amide bonds. The molecule has 2 heterocycles. The van der Waals surface area contributed by atoms with Crippen LogP contribution in [0.4, 0.5) is 5.69 Å². The van der Waals surface area contributed by atoms with E-state index in [4.69, 9.17) is 16.6 Å². The highest BCUT2D eigenvalue weighted by atomic mass is 32.1. The van der Waals surface area contributed by atoms with Crippen LogP contribution < -0.4 is 10.2 Å². The number of carbonyl (C=O) groups is 2. The molecule has 2 aromatic rings. The van der Waals surface area contributed by atoms with Crippen molar-refractivity contribution in [2.24, 2.45) is 10.9 Å². The van der Waals surface area contributed by atoms with Gasteiger partial charge in [0.1, 0.15) is 5.76 Å². The van der Waals surface area contributed by atoms with Crippen LogP contribution >= 0.6 is 12.2 Å². The second-order valence-electron chi connectivity index (χ2n) is 5.78. The molecule has 0 saturated carbocycles. The third-order valence-electron chi connectivity index (χ3n) is 4.03. The minimum absolute atomic E-state index is 0.0777. The van der Waals surface area contributed by atoms with E-state index < -0.39 is 17.7 Å². The molecule has 128 valence electrons. The van der Waals surface area contributed by atoms with E-state index in [1.165, 1.54) is 11.1 Å². The lowest BCUT2D eigenvalue weighted by atomic mass is 10.0. The molecular formula is C18H17N3O3S. The van der Waals surface area contributed by atoms with Gasteiger partial charge >= 0.3 is 0 Å². The predicted octanol–water partition coefficient (Wildman–Crippen LogP) is 2.53. The molecule has 1 aliphatic heterocycles. The van der Waals surface area contributed by atoms with Crippen molar-refractivity contribution in [1.82, 2.24) is 5.32 Å². The number of benzene rings is 1. The van der Waals surface area contributed by atoms with E-state index in [1.807, 2.05) is 26.0 Å². The Labute approximate surface area is 150 Å². The summed E-state index contributed by atoms with van der Waals surface area (Å²) in [6.45, 7) is 4.21. The summed E-state index contributed by atoms with van der Waals surface area (Å²) in [4.78, 5) is 30.4. The highest BCUT2D eigenvalue weighted by molar-refractivity contribution is 7.80. The van der Waals surface area contributed by atoms with Gasteiger partial charge in [0.15, 0.2) is 11.0 Å². The normalized spacial score (nSPS) is 18.1. The number of aliphatic imine (C=N–C) groups is 1. The van der Waals surface area contributed by atoms with E-state index in [0.717, 1.165) is 11.1 Å². The summed E-state index contributed by atoms with van der Waals surface area (Å²) in [6, 6.07) is 9.12. The van der Waals surface area contributed by atoms with Crippen LogP contribution in [0.15, 0.2) is 46.0 Å². The average molecular weight is 355 g/mol. The van der Waals surface area contributed by atoms with Crippen molar-refractivity contribution in [2.45, 2.75) is 20.4 Å². The minimum Gasteiger partial charge on any atom is -0.467 e. The van der Waals surface area contributed by atoms with Gasteiger partial charge in [-0.3, -0.25) is 19.5 Å². The Balaban J connectivity index is 1.83. The summed E-state index contributed by atoms with van der Waals surface area (Å²) in [5.74, 6) is -1.26. The molecule has 1 aromatic heterocycles. The van der Waals surface area contributed by atoms with Gasteiger partial charge in [-0.25, -0.2) is 0 Å². The summed E-state index contributed by atoms with van der Waals surface area (Å²) in [5, 5.41) is 2.65. The van der Waals surface area contributed by atoms with Crippen LogP contribution in [0.25, 0.3) is 0 Å². The SMILES string of the molecule is Cc1ccc(N2C(=O)[C@H](C=NCc3ccco3)C(=O)NC2=S)cc1C. The third kappa shape index (κ3) is 3.51. The van der Waals surface area contributed by atoms with Crippen LogP contribution in [-0.4, -0.2) is 23.1 Å². The summed E-state index contributed by atoms with van der Waals surface area (Å²) in [6.07, 6.45) is 2.89. The number of nitrogens with zero attached hydrogens (tertiary/aromatic N) is 2. The molecule has 0 unspecified atom stereocenters. The molecule has 1 aromatic carbocycles. The van der Waals surface area contributed by atoms with Crippen LogP contribution in [0.5, 0.6) is 0 Å². The summed E-state index contributed by atoms with van der Waals surface area (Å²) >= 11 is 5.18. The molecule has 0 radical (unpaired) electrons. The van der Waals surface area contributed by atoms with Gasteiger partial charge < -0.3 is 9.73 Å². The molecule has 1 saturated heterocycles. The molecule has 25 heavy (non-hydrogen) atoms. The van der Waals surface area contributed by atoms with Crippen molar-refractivity contribution in [1.29, 1.82) is 0 Å². The molecule has 1 fully saturated rings. The Morgan fingerprint density at radius 3 is 2.76 bits per heavy atom. The molecule has 1 aliphatic rings. The van der Waals surface area contributed by atoms with Gasteiger partial charge in [0.05, 0.1) is 18.5 Å². The first-order valence-electron chi connectivity index (χ1n) is 7.76. The topological polar surface area (TPSA) is 74.9 Å². The Morgan fingerprint density at radius 1 is 1.28 bits per heavy atom. The van der Waals surface area contributed by atoms with Crippen LogP contribution in [0.1, 0.15) is 16.9 Å². The number of aryl methyl sites for hydroxylation is 2. The van der Waals surface area contributed by atoms with Crippen molar-refractivity contribution in [3.8, 4) is 0 Å². The maximum atomic E-state index is 12.8. The van der Waals surface area contributed by atoms with Crippen molar-refractivity contribution in [2.75, 3.05) is 4.90 Å². The van der Waals surface area contributed by atoms with E-state index in [2.05, 4.69) is 10.3 Å². The Hall–Kier alpha value is -2.80. The number of furan rings is 1. The van der Waals surface area contributed by atoms with Crippen LogP contribution in [0.2, 0.25) is 0 Å². The molecule has 0 spiro atoms. The molecule has 0 aliphatic carbocycles. The smallest absolute Gasteiger partial charge is 0.251 e. The van der Waals surface area contributed by atoms with Crippen LogP contribution in [0, 0.1) is 19.8 Å². The number of nitrogens with one attached hydrogen (secondary N) is 1. The van der Waals surface area contributed by atoms with Crippen LogP contribution in [-0.2, 0) is 16.1 Å². The van der Waals surface area contributed by atoms with Gasteiger partial charge in [0, 0.05) is 6.21 Å². The number of hydrogen-bond acceptors (Lipinski definition) is 5. The fraction of sp³-hybridized carbons (Fsp3) is 0.222. The monoisotopic (exact) mass is 355 g/mol. The first kappa shape index (κ1) is 17.0. The molecule has 6 nitrogen and oxygen atoms in total. The zero-order chi connectivity index (χ0) is 18.0. The second kappa shape index (κ2) is 6.98. The lowest BCUT2D eigenvalue weighted by Crippen LogP contribution is -2.58. The largest absolute Gasteiger partial charge is 0.467 e. The number of rotatable bonds is 4. The van der Waals surface area contributed by atoms with Gasteiger partial charge in [-0.05, 0) is 61.5 Å². The van der Waals surface area contributed by atoms with Crippen molar-refractivity contribution >= 4 is 41.0 Å². The highest BCUT2D eigenvalue weighted by Crippen LogP contribution is 2.23. The number of amides is 2. The van der Waals surface area contributed by atoms with Gasteiger partial charge in [-0.1, -0.05) is 6.07 Å². The first-order valence-corrected chi connectivity index (χ1v) is 8.16. The third-order valence-corrected chi connectivity index (χ3v) is 4.32. The fourth-order valence-electron chi connectivity index (χ4n) is 2.48. The van der Waals surface area contributed by atoms with Crippen molar-refractivity contribution in [3.05, 3.63) is 53.5 Å². The maximum absolute atomic E-state index is 12.8. The molecule has 3 rings (SSSR count). The predicted molar refractivity (Wildman–Crippen MR) is 98.5 cm³/mol. The molecule has 1 N–H and O–H groups in total. The lowest BCUT2D eigenvalue weighted by Gasteiger charge is -2.31. The van der Waals surface area contributed by atoms with Crippen molar-refractivity contribution < 1.29 is 14.0 Å². The van der Waals surface area contributed by atoms with E-state index in [1.54, 1.807) is 24.5 Å². The average Bonchev–Trinajstić information content (AvgIpc) is 3.07. The number of thiocarbonyl (C=S) groups is 1. The number of carbonyl (C=O) groups excluding carboxylic acids is 2. The van der Waals surface area contributed by atoms with E-state index >= 15 is 0 Å². The zero-order valence-corrected chi connectivity index (χ0v) is 14.7. The Kier molecular flexibility index (Phi) is 4.76. The zero-order valence-electron chi connectivity index (χ0n) is 13.9. The summed E-state index contributed by atoms with van der Waals surface area (Å²) in [5.41, 5.74) is 2.77. The second-order valence-corrected chi connectivity index (χ2v) is 6.17. The number of anilines is 1. The molecule has 7 heteroatoms. The molecule has 1 atom stereocenters. The van der Waals surface area contributed by atoms with E-state index in [0.29, 0.717) is 11.4 Å². The van der Waals surface area contributed by atoms with Crippen molar-refractivity contribution in [3.63, 3.8) is 0 Å². The summed E-state index contributed by atoms with van der Waals surface area (Å²) < 4.78 is 5.18. The summed E-state index contributed by atoms with van der Waals surface area (Å²) in [7, 11) is 0. The highest BCUT2D eigenvalue weighted by Gasteiger charge is 2.38.